The molecule has 0 saturated heterocycles. The van der Waals surface area contributed by atoms with Gasteiger partial charge in [0.1, 0.15) is 12.1 Å². The molecule has 0 saturated carbocycles. The van der Waals surface area contributed by atoms with E-state index in [1.807, 2.05) is 26.0 Å². The van der Waals surface area contributed by atoms with Crippen molar-refractivity contribution in [1.82, 2.24) is 5.32 Å². The lowest BCUT2D eigenvalue weighted by Gasteiger charge is -2.10. The highest BCUT2D eigenvalue weighted by Gasteiger charge is 2.05. The molecule has 0 spiro atoms. The van der Waals surface area contributed by atoms with Crippen LogP contribution in [0.4, 0.5) is 5.69 Å². The molecule has 0 aliphatic carbocycles. The van der Waals surface area contributed by atoms with Crippen LogP contribution in [0.3, 0.4) is 0 Å². The summed E-state index contributed by atoms with van der Waals surface area (Å²) in [6.07, 6.45) is 0. The lowest BCUT2D eigenvalue weighted by Crippen LogP contribution is -2.34. The minimum Gasteiger partial charge on any atom is -0.376 e. The van der Waals surface area contributed by atoms with Gasteiger partial charge in [-0.15, -0.1) is 0 Å². The molecule has 0 radical (unpaired) electrons. The van der Waals surface area contributed by atoms with Gasteiger partial charge in [-0.3, -0.25) is 4.79 Å². The number of nitrogens with one attached hydrogen (secondary N) is 2. The molecule has 0 unspecified atom stereocenters. The minimum absolute atomic E-state index is 0.0925. The Bertz CT molecular complexity index is 523. The van der Waals surface area contributed by atoms with E-state index in [-0.39, 0.29) is 18.5 Å². The number of hydrogen-bond donors (Lipinski definition) is 2. The first kappa shape index (κ1) is 13.5. The van der Waals surface area contributed by atoms with Gasteiger partial charge in [0.15, 0.2) is 0 Å². The topological polar surface area (TPSA) is 88.7 Å². The quantitative estimate of drug-likeness (QED) is 0.834. The van der Waals surface area contributed by atoms with Crippen LogP contribution in [0, 0.1) is 22.7 Å². The third-order valence-corrected chi connectivity index (χ3v) is 2.16. The van der Waals surface area contributed by atoms with Crippen LogP contribution in [0.15, 0.2) is 18.2 Å². The summed E-state index contributed by atoms with van der Waals surface area (Å²) in [5.41, 5.74) is 1.27. The molecule has 0 aromatic heterocycles. The second-order valence-electron chi connectivity index (χ2n) is 4.06. The van der Waals surface area contributed by atoms with Crippen LogP contribution >= 0.6 is 0 Å². The van der Waals surface area contributed by atoms with E-state index in [0.29, 0.717) is 16.8 Å². The molecule has 5 heteroatoms. The van der Waals surface area contributed by atoms with Crippen molar-refractivity contribution in [2.45, 2.75) is 19.9 Å². The molecule has 1 aromatic rings. The standard InChI is InChI=1S/C13H14N4O/c1-9(2)17-13(18)8-16-12-4-3-10(6-14)11(5-12)7-15/h3-5,9,16H,8H2,1-2H3,(H,17,18). The summed E-state index contributed by atoms with van der Waals surface area (Å²) in [7, 11) is 0. The molecule has 92 valence electrons. The Kier molecular flexibility index (Phi) is 4.71. The van der Waals surface area contributed by atoms with Crippen molar-refractivity contribution in [3.8, 4) is 12.1 Å². The largest absolute Gasteiger partial charge is 0.376 e. The van der Waals surface area contributed by atoms with Gasteiger partial charge in [0, 0.05) is 11.7 Å². The van der Waals surface area contributed by atoms with E-state index in [9.17, 15) is 4.79 Å². The second kappa shape index (κ2) is 6.27. The van der Waals surface area contributed by atoms with Gasteiger partial charge in [-0.05, 0) is 32.0 Å². The number of amides is 1. The van der Waals surface area contributed by atoms with Crippen molar-refractivity contribution in [2.75, 3.05) is 11.9 Å². The number of rotatable bonds is 4. The Morgan fingerprint density at radius 1 is 1.28 bits per heavy atom. The maximum absolute atomic E-state index is 11.4. The number of carbonyl (C=O) groups is 1. The zero-order valence-electron chi connectivity index (χ0n) is 10.3. The molecule has 1 rings (SSSR count). The smallest absolute Gasteiger partial charge is 0.239 e. The summed E-state index contributed by atoms with van der Waals surface area (Å²) in [6.45, 7) is 3.90. The molecule has 0 aliphatic heterocycles. The van der Waals surface area contributed by atoms with E-state index >= 15 is 0 Å². The number of anilines is 1. The van der Waals surface area contributed by atoms with Crippen LogP contribution in [0.1, 0.15) is 25.0 Å². The lowest BCUT2D eigenvalue weighted by atomic mass is 10.1. The lowest BCUT2D eigenvalue weighted by molar-refractivity contribution is -0.119. The van der Waals surface area contributed by atoms with Crippen molar-refractivity contribution in [2.24, 2.45) is 0 Å². The van der Waals surface area contributed by atoms with Crippen LogP contribution in [-0.2, 0) is 4.79 Å². The summed E-state index contributed by atoms with van der Waals surface area (Å²) in [6, 6.07) is 8.75. The molecular weight excluding hydrogens is 228 g/mol. The van der Waals surface area contributed by atoms with Crippen molar-refractivity contribution in [1.29, 1.82) is 10.5 Å². The fourth-order valence-corrected chi connectivity index (χ4v) is 1.40. The normalized spacial score (nSPS) is 9.39. The van der Waals surface area contributed by atoms with Gasteiger partial charge in [0.25, 0.3) is 0 Å². The Morgan fingerprint density at radius 2 is 1.94 bits per heavy atom. The van der Waals surface area contributed by atoms with Crippen LogP contribution < -0.4 is 10.6 Å². The highest BCUT2D eigenvalue weighted by atomic mass is 16.1. The van der Waals surface area contributed by atoms with E-state index in [1.165, 1.54) is 0 Å². The second-order valence-corrected chi connectivity index (χ2v) is 4.06. The van der Waals surface area contributed by atoms with Gasteiger partial charge in [0.2, 0.25) is 5.91 Å². The molecule has 0 atom stereocenters. The van der Waals surface area contributed by atoms with Crippen molar-refractivity contribution >= 4 is 11.6 Å². The van der Waals surface area contributed by atoms with Crippen molar-refractivity contribution in [3.05, 3.63) is 29.3 Å². The Hall–Kier alpha value is -2.53. The predicted molar refractivity (Wildman–Crippen MR) is 67.6 cm³/mol. The highest BCUT2D eigenvalue weighted by Crippen LogP contribution is 2.14. The van der Waals surface area contributed by atoms with Gasteiger partial charge in [-0.1, -0.05) is 0 Å². The Morgan fingerprint density at radius 3 is 2.50 bits per heavy atom. The first-order valence-corrected chi connectivity index (χ1v) is 5.54. The zero-order chi connectivity index (χ0) is 13.5. The van der Waals surface area contributed by atoms with Crippen LogP contribution in [0.25, 0.3) is 0 Å². The first-order chi connectivity index (χ1) is 8.56. The average Bonchev–Trinajstić information content (AvgIpc) is 2.35. The number of hydrogen-bond acceptors (Lipinski definition) is 4. The highest BCUT2D eigenvalue weighted by molar-refractivity contribution is 5.81. The zero-order valence-corrected chi connectivity index (χ0v) is 10.3. The number of carbonyl (C=O) groups excluding carboxylic acids is 1. The first-order valence-electron chi connectivity index (χ1n) is 5.54. The maximum atomic E-state index is 11.4. The molecule has 0 bridgehead atoms. The Balaban J connectivity index is 2.67. The molecule has 0 fully saturated rings. The van der Waals surface area contributed by atoms with Gasteiger partial charge in [-0.2, -0.15) is 10.5 Å². The van der Waals surface area contributed by atoms with Gasteiger partial charge in [0.05, 0.1) is 17.7 Å². The third kappa shape index (κ3) is 3.80. The molecule has 0 aliphatic rings. The van der Waals surface area contributed by atoms with E-state index in [2.05, 4.69) is 10.6 Å². The van der Waals surface area contributed by atoms with Crippen LogP contribution in [0.5, 0.6) is 0 Å². The van der Waals surface area contributed by atoms with Crippen molar-refractivity contribution in [3.63, 3.8) is 0 Å². The minimum atomic E-state index is -0.118. The monoisotopic (exact) mass is 242 g/mol. The fourth-order valence-electron chi connectivity index (χ4n) is 1.40. The average molecular weight is 242 g/mol. The number of benzene rings is 1. The summed E-state index contributed by atoms with van der Waals surface area (Å²) in [5.74, 6) is -0.118. The number of nitriles is 2. The summed E-state index contributed by atoms with van der Waals surface area (Å²) in [4.78, 5) is 11.4. The third-order valence-electron chi connectivity index (χ3n) is 2.16. The summed E-state index contributed by atoms with van der Waals surface area (Å²) in [5, 5.41) is 23.3. The molecule has 18 heavy (non-hydrogen) atoms. The van der Waals surface area contributed by atoms with E-state index < -0.39 is 0 Å². The van der Waals surface area contributed by atoms with Crippen LogP contribution in [0.2, 0.25) is 0 Å². The molecule has 5 nitrogen and oxygen atoms in total. The molecule has 2 N–H and O–H groups in total. The van der Waals surface area contributed by atoms with Gasteiger partial charge < -0.3 is 10.6 Å². The van der Waals surface area contributed by atoms with E-state index in [1.54, 1.807) is 18.2 Å². The molecule has 0 heterocycles. The SMILES string of the molecule is CC(C)NC(=O)CNc1ccc(C#N)c(C#N)c1. The Labute approximate surface area is 106 Å². The number of nitrogens with zero attached hydrogens (tertiary/aromatic N) is 2. The van der Waals surface area contributed by atoms with Crippen LogP contribution in [-0.4, -0.2) is 18.5 Å². The molecule has 1 amide bonds. The van der Waals surface area contributed by atoms with E-state index in [4.69, 9.17) is 10.5 Å². The van der Waals surface area contributed by atoms with Gasteiger partial charge in [-0.25, -0.2) is 0 Å². The molecular formula is C13H14N4O. The van der Waals surface area contributed by atoms with Gasteiger partial charge >= 0.3 is 0 Å². The van der Waals surface area contributed by atoms with E-state index in [0.717, 1.165) is 0 Å². The maximum Gasteiger partial charge on any atom is 0.239 e. The fraction of sp³-hybridized carbons (Fsp3) is 0.308. The predicted octanol–water partition coefficient (Wildman–Crippen LogP) is 1.37. The summed E-state index contributed by atoms with van der Waals surface area (Å²) < 4.78 is 0. The summed E-state index contributed by atoms with van der Waals surface area (Å²) >= 11 is 0. The molecule has 1 aromatic carbocycles. The van der Waals surface area contributed by atoms with Crippen molar-refractivity contribution < 1.29 is 4.79 Å².